The second kappa shape index (κ2) is 8.02. The molecule has 1 aliphatic heterocycles. The molecule has 1 unspecified atom stereocenters. The molecule has 1 aromatic carbocycles. The van der Waals surface area contributed by atoms with Crippen molar-refractivity contribution in [1.29, 1.82) is 5.26 Å². The van der Waals surface area contributed by atoms with E-state index in [1.807, 2.05) is 18.2 Å². The minimum absolute atomic E-state index is 0.00927. The van der Waals surface area contributed by atoms with Gasteiger partial charge in [0.2, 0.25) is 0 Å². The second-order valence-electron chi connectivity index (χ2n) is 5.73. The van der Waals surface area contributed by atoms with Crippen molar-refractivity contribution in [3.8, 4) is 17.4 Å². The number of hydrogen-bond acceptors (Lipinski definition) is 4. The number of nitrogens with zero attached hydrogens (tertiary/aromatic N) is 1. The number of ether oxygens (including phenoxy) is 1. The fraction of sp³-hybridized carbons (Fsp3) is 0.263. The van der Waals surface area contributed by atoms with Gasteiger partial charge in [-0.05, 0) is 37.1 Å². The van der Waals surface area contributed by atoms with Crippen molar-refractivity contribution in [3.63, 3.8) is 0 Å². The molecule has 1 amide bonds. The molecule has 1 aliphatic rings. The number of nitriles is 1. The molecule has 0 radical (unpaired) electrons. The molecule has 128 valence electrons. The molecule has 25 heavy (non-hydrogen) atoms. The smallest absolute Gasteiger partial charge is 0.262 e. The number of carbonyl (C=O) groups is 1. The SMILES string of the molecule is N#CC(=Cc1ccc(-c2cccc(Cl)c2)o1)C(=O)NCC1CCCO1. The summed E-state index contributed by atoms with van der Waals surface area (Å²) in [6, 6.07) is 12.7. The Balaban J connectivity index is 1.69. The summed E-state index contributed by atoms with van der Waals surface area (Å²) in [5, 5.41) is 12.6. The molecule has 6 heteroatoms. The molecule has 0 aliphatic carbocycles. The highest BCUT2D eigenvalue weighted by molar-refractivity contribution is 6.30. The quantitative estimate of drug-likeness (QED) is 0.653. The Morgan fingerprint density at radius 1 is 1.40 bits per heavy atom. The monoisotopic (exact) mass is 356 g/mol. The van der Waals surface area contributed by atoms with E-state index in [2.05, 4.69) is 5.32 Å². The lowest BCUT2D eigenvalue weighted by Crippen LogP contribution is -2.32. The van der Waals surface area contributed by atoms with Gasteiger partial charge in [-0.15, -0.1) is 0 Å². The van der Waals surface area contributed by atoms with Crippen LogP contribution in [0.25, 0.3) is 17.4 Å². The average molecular weight is 357 g/mol. The van der Waals surface area contributed by atoms with Crippen molar-refractivity contribution < 1.29 is 13.9 Å². The Bertz CT molecular complexity index is 829. The zero-order valence-electron chi connectivity index (χ0n) is 13.5. The Kier molecular flexibility index (Phi) is 5.54. The van der Waals surface area contributed by atoms with E-state index in [1.54, 1.807) is 24.3 Å². The molecule has 1 N–H and O–H groups in total. The van der Waals surface area contributed by atoms with Crippen LogP contribution in [0.1, 0.15) is 18.6 Å². The molecule has 3 rings (SSSR count). The molecule has 2 aromatic rings. The lowest BCUT2D eigenvalue weighted by molar-refractivity contribution is -0.117. The Labute approximate surface area is 150 Å². The summed E-state index contributed by atoms with van der Waals surface area (Å²) in [5.41, 5.74) is 0.818. The number of hydrogen-bond donors (Lipinski definition) is 1. The summed E-state index contributed by atoms with van der Waals surface area (Å²) in [6.07, 6.45) is 3.38. The molecule has 1 atom stereocenters. The van der Waals surface area contributed by atoms with Crippen LogP contribution in [-0.2, 0) is 9.53 Å². The van der Waals surface area contributed by atoms with E-state index >= 15 is 0 Å². The molecular formula is C19H17ClN2O3. The fourth-order valence-corrected chi connectivity index (χ4v) is 2.82. The summed E-state index contributed by atoms with van der Waals surface area (Å²) in [5.74, 6) is 0.614. The van der Waals surface area contributed by atoms with Crippen molar-refractivity contribution >= 4 is 23.6 Å². The van der Waals surface area contributed by atoms with Gasteiger partial charge in [-0.2, -0.15) is 5.26 Å². The number of nitrogens with one attached hydrogen (secondary N) is 1. The third-order valence-electron chi connectivity index (χ3n) is 3.90. The number of halogens is 1. The molecule has 0 saturated carbocycles. The van der Waals surface area contributed by atoms with E-state index in [-0.39, 0.29) is 11.7 Å². The summed E-state index contributed by atoms with van der Waals surface area (Å²) in [7, 11) is 0. The van der Waals surface area contributed by atoms with Gasteiger partial charge < -0.3 is 14.5 Å². The van der Waals surface area contributed by atoms with E-state index < -0.39 is 5.91 Å². The normalized spacial score (nSPS) is 17.3. The number of furan rings is 1. The standard InChI is InChI=1S/C19H17ClN2O3/c20-15-4-1-3-13(9-15)18-7-6-16(25-18)10-14(11-21)19(23)22-12-17-5-2-8-24-17/h1,3-4,6-7,9-10,17H,2,5,8,12H2,(H,22,23). The van der Waals surface area contributed by atoms with E-state index in [9.17, 15) is 10.1 Å². The number of benzene rings is 1. The zero-order chi connectivity index (χ0) is 17.6. The highest BCUT2D eigenvalue weighted by atomic mass is 35.5. The van der Waals surface area contributed by atoms with Gasteiger partial charge in [-0.25, -0.2) is 0 Å². The maximum atomic E-state index is 12.1. The van der Waals surface area contributed by atoms with Gasteiger partial charge in [0, 0.05) is 29.8 Å². The topological polar surface area (TPSA) is 75.3 Å². The molecular weight excluding hydrogens is 340 g/mol. The van der Waals surface area contributed by atoms with Crippen molar-refractivity contribution in [2.75, 3.05) is 13.2 Å². The first-order valence-electron chi connectivity index (χ1n) is 8.03. The van der Waals surface area contributed by atoms with E-state index in [0.29, 0.717) is 23.1 Å². The molecule has 1 aromatic heterocycles. The first-order valence-corrected chi connectivity index (χ1v) is 8.41. The van der Waals surface area contributed by atoms with Crippen molar-refractivity contribution in [1.82, 2.24) is 5.32 Å². The van der Waals surface area contributed by atoms with Gasteiger partial charge in [-0.3, -0.25) is 4.79 Å². The molecule has 2 heterocycles. The summed E-state index contributed by atoms with van der Waals surface area (Å²) >= 11 is 5.98. The highest BCUT2D eigenvalue weighted by Crippen LogP contribution is 2.25. The lowest BCUT2D eigenvalue weighted by Gasteiger charge is -2.09. The predicted molar refractivity (Wildman–Crippen MR) is 94.7 cm³/mol. The minimum atomic E-state index is -0.432. The predicted octanol–water partition coefficient (Wildman–Crippen LogP) is 3.80. The third-order valence-corrected chi connectivity index (χ3v) is 4.14. The van der Waals surface area contributed by atoms with Crippen LogP contribution in [0.4, 0.5) is 0 Å². The highest BCUT2D eigenvalue weighted by Gasteiger charge is 2.18. The molecule has 0 bridgehead atoms. The number of amides is 1. The van der Waals surface area contributed by atoms with E-state index in [4.69, 9.17) is 20.8 Å². The van der Waals surface area contributed by atoms with Crippen LogP contribution in [0.2, 0.25) is 5.02 Å². The summed E-state index contributed by atoms with van der Waals surface area (Å²) < 4.78 is 11.1. The van der Waals surface area contributed by atoms with Crippen LogP contribution in [0, 0.1) is 11.3 Å². The Morgan fingerprint density at radius 2 is 2.28 bits per heavy atom. The van der Waals surface area contributed by atoms with Crippen LogP contribution in [0.5, 0.6) is 0 Å². The maximum absolute atomic E-state index is 12.1. The first-order chi connectivity index (χ1) is 12.2. The van der Waals surface area contributed by atoms with E-state index in [1.165, 1.54) is 6.08 Å². The van der Waals surface area contributed by atoms with Gasteiger partial charge in [0.1, 0.15) is 23.2 Å². The molecule has 1 fully saturated rings. The number of rotatable bonds is 5. The maximum Gasteiger partial charge on any atom is 0.262 e. The largest absolute Gasteiger partial charge is 0.457 e. The van der Waals surface area contributed by atoms with Gasteiger partial charge in [0.05, 0.1) is 6.10 Å². The van der Waals surface area contributed by atoms with Crippen LogP contribution in [0.15, 0.2) is 46.4 Å². The van der Waals surface area contributed by atoms with Crippen LogP contribution in [-0.4, -0.2) is 25.2 Å². The van der Waals surface area contributed by atoms with Gasteiger partial charge >= 0.3 is 0 Å². The van der Waals surface area contributed by atoms with Crippen LogP contribution < -0.4 is 5.32 Å². The molecule has 5 nitrogen and oxygen atoms in total. The van der Waals surface area contributed by atoms with Gasteiger partial charge in [-0.1, -0.05) is 23.7 Å². The average Bonchev–Trinajstić information content (AvgIpc) is 3.29. The first kappa shape index (κ1) is 17.3. The van der Waals surface area contributed by atoms with Crippen LogP contribution >= 0.6 is 11.6 Å². The van der Waals surface area contributed by atoms with Gasteiger partial charge in [0.25, 0.3) is 5.91 Å². The number of carbonyl (C=O) groups excluding carboxylic acids is 1. The van der Waals surface area contributed by atoms with Crippen molar-refractivity contribution in [2.24, 2.45) is 0 Å². The van der Waals surface area contributed by atoms with Crippen molar-refractivity contribution in [3.05, 3.63) is 52.8 Å². The van der Waals surface area contributed by atoms with Crippen LogP contribution in [0.3, 0.4) is 0 Å². The van der Waals surface area contributed by atoms with Crippen molar-refractivity contribution in [2.45, 2.75) is 18.9 Å². The van der Waals surface area contributed by atoms with E-state index in [0.717, 1.165) is 25.0 Å². The molecule has 1 saturated heterocycles. The Morgan fingerprint density at radius 3 is 3.00 bits per heavy atom. The van der Waals surface area contributed by atoms with Gasteiger partial charge in [0.15, 0.2) is 0 Å². The molecule has 0 spiro atoms. The Hall–Kier alpha value is -2.55. The fourth-order valence-electron chi connectivity index (χ4n) is 2.63. The third kappa shape index (κ3) is 4.50. The second-order valence-corrected chi connectivity index (χ2v) is 6.16. The summed E-state index contributed by atoms with van der Waals surface area (Å²) in [4.78, 5) is 12.1. The zero-order valence-corrected chi connectivity index (χ0v) is 14.3. The summed E-state index contributed by atoms with van der Waals surface area (Å²) in [6.45, 7) is 1.13. The lowest BCUT2D eigenvalue weighted by atomic mass is 10.2. The minimum Gasteiger partial charge on any atom is -0.457 e.